The number of rotatable bonds is 2. The maximum atomic E-state index is 10.6. The van der Waals surface area contributed by atoms with Crippen molar-refractivity contribution < 1.29 is 70.3 Å². The Morgan fingerprint density at radius 1 is 1.53 bits per heavy atom. The topological polar surface area (TPSA) is 85.4 Å². The van der Waals surface area contributed by atoms with Gasteiger partial charge in [-0.3, -0.25) is 4.57 Å². The van der Waals surface area contributed by atoms with Crippen molar-refractivity contribution in [2.45, 2.75) is 0 Å². The second-order valence-electron chi connectivity index (χ2n) is 3.00. The summed E-state index contributed by atoms with van der Waals surface area (Å²) in [7, 11) is -4.84. The zero-order valence-electron chi connectivity index (χ0n) is 8.61. The number of phosphoric acid groups is 1. The molecule has 2 aromatic rings. The van der Waals surface area contributed by atoms with Crippen LogP contribution in [-0.2, 0) is 4.57 Å². The van der Waals surface area contributed by atoms with E-state index >= 15 is 0 Å². The first-order valence-electron chi connectivity index (χ1n) is 4.07. The number of hydrogen-bond acceptors (Lipinski definition) is 3. The van der Waals surface area contributed by atoms with Gasteiger partial charge in [-0.2, -0.15) is 0 Å². The summed E-state index contributed by atoms with van der Waals surface area (Å²) in [6.07, 6.45) is 1.31. The van der Waals surface area contributed by atoms with E-state index in [9.17, 15) is 9.46 Å². The van der Waals surface area contributed by atoms with Crippen molar-refractivity contribution in [3.63, 3.8) is 0 Å². The van der Waals surface area contributed by atoms with Crippen molar-refractivity contribution in [1.82, 2.24) is 4.98 Å². The van der Waals surface area contributed by atoms with E-state index < -0.39 is 7.82 Å². The molecule has 17 heavy (non-hydrogen) atoms. The normalized spacial score (nSPS) is 14.1. The molecule has 2 rings (SSSR count). The number of phosphoric ester groups is 1. The fraction of sp³-hybridized carbons (Fsp3) is 0. The molecule has 2 N–H and O–H groups in total. The molecular formula is C8H5BrClKNO4P. The van der Waals surface area contributed by atoms with E-state index in [1.807, 2.05) is 0 Å². The molecule has 0 radical (unpaired) electrons. The van der Waals surface area contributed by atoms with E-state index in [4.69, 9.17) is 16.5 Å². The minimum absolute atomic E-state index is 0. The summed E-state index contributed by atoms with van der Waals surface area (Å²) < 4.78 is 15.6. The Balaban J connectivity index is 0.00000144. The summed E-state index contributed by atoms with van der Waals surface area (Å²) in [6, 6.07) is 3.41. The van der Waals surface area contributed by atoms with E-state index in [0.29, 0.717) is 20.4 Å². The predicted octanol–water partition coefficient (Wildman–Crippen LogP) is -0.573. The van der Waals surface area contributed by atoms with Crippen LogP contribution in [0.4, 0.5) is 0 Å². The standard InChI is InChI=1S/C8H6BrClNO4P.K/c9-4-1-2-5-7(8(4)10)6(3-11-5)15-16(12,13)14;/h1-3,11H,(H2,12,13,14);/q;+1/p-1. The summed E-state index contributed by atoms with van der Waals surface area (Å²) in [6.45, 7) is 0. The quantitative estimate of drug-likeness (QED) is 0.552. The van der Waals surface area contributed by atoms with Gasteiger partial charge in [-0.15, -0.1) is 0 Å². The van der Waals surface area contributed by atoms with E-state index in [2.05, 4.69) is 25.4 Å². The summed E-state index contributed by atoms with van der Waals surface area (Å²) in [5.74, 6) is -0.0397. The van der Waals surface area contributed by atoms with Crippen LogP contribution in [0.3, 0.4) is 0 Å². The minimum atomic E-state index is -4.84. The first-order chi connectivity index (χ1) is 7.38. The summed E-state index contributed by atoms with van der Waals surface area (Å²) >= 11 is 9.18. The molecule has 0 amide bonds. The van der Waals surface area contributed by atoms with Gasteiger partial charge in [0.2, 0.25) is 0 Å². The van der Waals surface area contributed by atoms with Gasteiger partial charge in [0, 0.05) is 10.7 Å². The van der Waals surface area contributed by atoms with E-state index in [0.717, 1.165) is 0 Å². The molecule has 1 atom stereocenters. The Morgan fingerprint density at radius 2 is 2.18 bits per heavy atom. The number of halogens is 2. The molecule has 0 fully saturated rings. The van der Waals surface area contributed by atoms with Crippen LogP contribution in [0.15, 0.2) is 22.8 Å². The Morgan fingerprint density at radius 3 is 2.76 bits per heavy atom. The predicted molar refractivity (Wildman–Crippen MR) is 61.5 cm³/mol. The second kappa shape index (κ2) is 6.05. The van der Waals surface area contributed by atoms with E-state index in [-0.39, 0.29) is 57.1 Å². The van der Waals surface area contributed by atoms with Crippen molar-refractivity contribution in [1.29, 1.82) is 0 Å². The maximum absolute atomic E-state index is 10.6. The van der Waals surface area contributed by atoms with Crippen LogP contribution in [-0.4, -0.2) is 9.88 Å². The minimum Gasteiger partial charge on any atom is -0.746 e. The van der Waals surface area contributed by atoms with Crippen LogP contribution < -0.4 is 60.8 Å². The Hall–Kier alpha value is 1.12. The van der Waals surface area contributed by atoms with Crippen molar-refractivity contribution in [3.05, 3.63) is 27.8 Å². The van der Waals surface area contributed by atoms with Crippen LogP contribution in [0.5, 0.6) is 5.75 Å². The van der Waals surface area contributed by atoms with Crippen molar-refractivity contribution >= 4 is 46.3 Å². The first-order valence-corrected chi connectivity index (χ1v) is 6.73. The number of hydrogen-bond donors (Lipinski definition) is 2. The number of nitrogens with one attached hydrogen (secondary N) is 1. The van der Waals surface area contributed by atoms with Gasteiger partial charge >= 0.3 is 59.2 Å². The average molecular weight is 365 g/mol. The SMILES string of the molecule is O=P([O-])(O)Oc1c[nH]c2ccc(Br)c(Cl)c12.[K+]. The fourth-order valence-corrected chi connectivity index (χ4v) is 2.30. The molecule has 1 aromatic heterocycles. The molecule has 86 valence electrons. The van der Waals surface area contributed by atoms with Crippen LogP contribution in [0.1, 0.15) is 0 Å². The van der Waals surface area contributed by atoms with Crippen molar-refractivity contribution in [2.75, 3.05) is 0 Å². The van der Waals surface area contributed by atoms with E-state index in [1.165, 1.54) is 6.20 Å². The van der Waals surface area contributed by atoms with Crippen molar-refractivity contribution in [3.8, 4) is 5.75 Å². The van der Waals surface area contributed by atoms with Crippen LogP contribution in [0.2, 0.25) is 5.02 Å². The fourth-order valence-electron chi connectivity index (χ4n) is 1.32. The van der Waals surface area contributed by atoms with Crippen LogP contribution in [0.25, 0.3) is 10.9 Å². The molecule has 1 heterocycles. The maximum Gasteiger partial charge on any atom is 1.00 e. The average Bonchev–Trinajstić information content (AvgIpc) is 2.53. The summed E-state index contributed by atoms with van der Waals surface area (Å²) in [5, 5.41) is 0.698. The van der Waals surface area contributed by atoms with E-state index in [1.54, 1.807) is 12.1 Å². The Kier molecular flexibility index (Phi) is 5.75. The van der Waals surface area contributed by atoms with Gasteiger partial charge in [-0.05, 0) is 28.1 Å². The largest absolute Gasteiger partial charge is 1.00 e. The van der Waals surface area contributed by atoms with Crippen LogP contribution >= 0.6 is 35.4 Å². The Bertz CT molecular complexity index is 598. The third kappa shape index (κ3) is 3.79. The molecule has 9 heteroatoms. The second-order valence-corrected chi connectivity index (χ2v) is 5.35. The summed E-state index contributed by atoms with van der Waals surface area (Å²) in [5.41, 5.74) is 0.608. The third-order valence-electron chi connectivity index (χ3n) is 1.91. The molecule has 5 nitrogen and oxygen atoms in total. The number of benzene rings is 1. The molecule has 0 aliphatic carbocycles. The number of H-pyrrole nitrogens is 1. The number of fused-ring (bicyclic) bond motifs is 1. The van der Waals surface area contributed by atoms with Gasteiger partial charge < -0.3 is 19.3 Å². The van der Waals surface area contributed by atoms with Crippen LogP contribution in [0, 0.1) is 0 Å². The summed E-state index contributed by atoms with van der Waals surface area (Å²) in [4.78, 5) is 22.0. The molecule has 0 spiro atoms. The smallest absolute Gasteiger partial charge is 0.746 e. The van der Waals surface area contributed by atoms with Gasteiger partial charge in [-0.1, -0.05) is 11.6 Å². The van der Waals surface area contributed by atoms with Crippen molar-refractivity contribution in [2.24, 2.45) is 0 Å². The first kappa shape index (κ1) is 16.2. The molecule has 0 aliphatic heterocycles. The molecule has 1 unspecified atom stereocenters. The molecule has 1 aromatic carbocycles. The monoisotopic (exact) mass is 363 g/mol. The zero-order valence-corrected chi connectivity index (χ0v) is 15.0. The molecule has 0 saturated heterocycles. The molecule has 0 bridgehead atoms. The molecular weight excluding hydrogens is 360 g/mol. The molecule has 0 saturated carbocycles. The van der Waals surface area contributed by atoms with Gasteiger partial charge in [0.15, 0.2) is 5.75 Å². The van der Waals surface area contributed by atoms with Gasteiger partial charge in [0.1, 0.15) is 0 Å². The molecule has 0 aliphatic rings. The van der Waals surface area contributed by atoms with Gasteiger partial charge in [0.25, 0.3) is 0 Å². The van der Waals surface area contributed by atoms with Gasteiger partial charge in [-0.25, -0.2) is 0 Å². The number of aromatic amines is 1. The number of aromatic nitrogens is 1. The van der Waals surface area contributed by atoms with Gasteiger partial charge in [0.05, 0.1) is 15.9 Å². The Labute approximate surface area is 153 Å². The third-order valence-corrected chi connectivity index (χ3v) is 3.62. The zero-order chi connectivity index (χ0) is 11.9.